The van der Waals surface area contributed by atoms with E-state index >= 15 is 0 Å². The van der Waals surface area contributed by atoms with Crippen LogP contribution in [0.25, 0.3) is 11.1 Å². The van der Waals surface area contributed by atoms with Crippen molar-refractivity contribution in [2.45, 2.75) is 6.54 Å². The van der Waals surface area contributed by atoms with Crippen molar-refractivity contribution in [1.82, 2.24) is 15.1 Å². The first-order chi connectivity index (χ1) is 11.2. The predicted molar refractivity (Wildman–Crippen MR) is 86.4 cm³/mol. The summed E-state index contributed by atoms with van der Waals surface area (Å²) < 4.78 is 15.3. The fourth-order valence-corrected chi connectivity index (χ4v) is 2.29. The van der Waals surface area contributed by atoms with Gasteiger partial charge in [0.15, 0.2) is 0 Å². The number of hydrogen-bond acceptors (Lipinski definition) is 2. The minimum Gasteiger partial charge on any atom is -0.350 e. The third-order valence-corrected chi connectivity index (χ3v) is 3.49. The fraction of sp³-hybridized carbons (Fsp3) is 0.111. The Morgan fingerprint density at radius 2 is 1.78 bits per heavy atom. The minimum atomic E-state index is -0.518. The molecule has 0 fully saturated rings. The van der Waals surface area contributed by atoms with Crippen LogP contribution in [0.4, 0.5) is 4.39 Å². The zero-order chi connectivity index (χ0) is 16.1. The number of halogens is 1. The van der Waals surface area contributed by atoms with Crippen LogP contribution >= 0.6 is 0 Å². The molecule has 5 heteroatoms. The molecule has 1 heterocycles. The van der Waals surface area contributed by atoms with Crippen molar-refractivity contribution in [3.8, 4) is 11.1 Å². The lowest BCUT2D eigenvalue weighted by molar-refractivity contribution is 0.0948. The van der Waals surface area contributed by atoms with Crippen LogP contribution in [-0.4, -0.2) is 22.2 Å². The molecule has 0 bridgehead atoms. The van der Waals surface area contributed by atoms with E-state index in [9.17, 15) is 9.18 Å². The number of carbonyl (C=O) groups is 1. The molecule has 2 aromatic carbocycles. The molecule has 23 heavy (non-hydrogen) atoms. The highest BCUT2D eigenvalue weighted by molar-refractivity contribution is 5.94. The normalized spacial score (nSPS) is 10.5. The van der Waals surface area contributed by atoms with Crippen LogP contribution in [0.2, 0.25) is 0 Å². The highest BCUT2D eigenvalue weighted by Crippen LogP contribution is 2.17. The predicted octanol–water partition coefficient (Wildman–Crippen LogP) is 3.12. The van der Waals surface area contributed by atoms with Gasteiger partial charge >= 0.3 is 0 Å². The molecule has 3 rings (SSSR count). The average molecular weight is 309 g/mol. The van der Waals surface area contributed by atoms with Gasteiger partial charge in [-0.15, -0.1) is 0 Å². The maximum atomic E-state index is 13.5. The summed E-state index contributed by atoms with van der Waals surface area (Å²) in [5.74, 6) is -0.936. The van der Waals surface area contributed by atoms with Gasteiger partial charge in [-0.1, -0.05) is 42.5 Å². The van der Waals surface area contributed by atoms with E-state index in [-0.39, 0.29) is 5.56 Å². The molecule has 0 radical (unpaired) electrons. The molecule has 0 unspecified atom stereocenters. The van der Waals surface area contributed by atoms with Gasteiger partial charge in [0.05, 0.1) is 18.3 Å². The molecule has 1 aromatic heterocycles. The highest BCUT2D eigenvalue weighted by Gasteiger charge is 2.09. The van der Waals surface area contributed by atoms with Gasteiger partial charge in [0.25, 0.3) is 5.91 Å². The highest BCUT2D eigenvalue weighted by atomic mass is 19.1. The maximum Gasteiger partial charge on any atom is 0.254 e. The van der Waals surface area contributed by atoms with Crippen LogP contribution in [-0.2, 0) is 6.54 Å². The Hall–Kier alpha value is -2.95. The smallest absolute Gasteiger partial charge is 0.254 e. The van der Waals surface area contributed by atoms with Crippen molar-refractivity contribution in [3.05, 3.63) is 78.4 Å². The summed E-state index contributed by atoms with van der Waals surface area (Å²) in [5.41, 5.74) is 2.16. The van der Waals surface area contributed by atoms with E-state index in [0.717, 1.165) is 11.1 Å². The summed E-state index contributed by atoms with van der Waals surface area (Å²) in [4.78, 5) is 11.9. The quantitative estimate of drug-likeness (QED) is 0.787. The summed E-state index contributed by atoms with van der Waals surface area (Å²) in [6.45, 7) is 0.899. The molecule has 3 aromatic rings. The lowest BCUT2D eigenvalue weighted by atomic mass is 10.1. The number of carbonyl (C=O) groups excluding carboxylic acids is 1. The van der Waals surface area contributed by atoms with E-state index < -0.39 is 11.7 Å². The molecule has 1 N–H and O–H groups in total. The lowest BCUT2D eigenvalue weighted by Gasteiger charge is -2.06. The van der Waals surface area contributed by atoms with Gasteiger partial charge in [-0.2, -0.15) is 5.10 Å². The number of aromatic nitrogens is 2. The molecule has 0 saturated heterocycles. The Morgan fingerprint density at radius 1 is 1.04 bits per heavy atom. The van der Waals surface area contributed by atoms with E-state index in [4.69, 9.17) is 0 Å². The van der Waals surface area contributed by atoms with Crippen LogP contribution in [0.3, 0.4) is 0 Å². The zero-order valence-corrected chi connectivity index (χ0v) is 12.4. The molecule has 0 saturated carbocycles. The van der Waals surface area contributed by atoms with Crippen LogP contribution in [0.1, 0.15) is 10.4 Å². The Balaban J connectivity index is 1.56. The Bertz CT molecular complexity index is 799. The van der Waals surface area contributed by atoms with Crippen LogP contribution in [0, 0.1) is 5.82 Å². The van der Waals surface area contributed by atoms with Gasteiger partial charge in [0.1, 0.15) is 5.82 Å². The summed E-state index contributed by atoms with van der Waals surface area (Å²) >= 11 is 0. The molecule has 4 nitrogen and oxygen atoms in total. The standard InChI is InChI=1S/C18H16FN3O/c19-17-9-5-4-8-16(17)18(23)20-10-11-22-13-15(12-21-22)14-6-2-1-3-7-14/h1-9,12-13H,10-11H2,(H,20,23). The number of benzene rings is 2. The van der Waals surface area contributed by atoms with Gasteiger partial charge in [-0.25, -0.2) is 4.39 Å². The first-order valence-corrected chi connectivity index (χ1v) is 7.34. The first-order valence-electron chi connectivity index (χ1n) is 7.34. The number of amides is 1. The van der Waals surface area contributed by atoms with Crippen molar-refractivity contribution in [1.29, 1.82) is 0 Å². The fourth-order valence-electron chi connectivity index (χ4n) is 2.29. The Kier molecular flexibility index (Phi) is 4.47. The van der Waals surface area contributed by atoms with E-state index in [2.05, 4.69) is 10.4 Å². The minimum absolute atomic E-state index is 0.0536. The summed E-state index contributed by atoms with van der Waals surface area (Å²) in [6.07, 6.45) is 3.71. The monoisotopic (exact) mass is 309 g/mol. The second-order valence-corrected chi connectivity index (χ2v) is 5.09. The Morgan fingerprint density at radius 3 is 2.57 bits per heavy atom. The number of nitrogens with zero attached hydrogens (tertiary/aromatic N) is 2. The van der Waals surface area contributed by atoms with E-state index in [1.807, 2.05) is 36.5 Å². The van der Waals surface area contributed by atoms with Crippen molar-refractivity contribution < 1.29 is 9.18 Å². The molecule has 0 aliphatic heterocycles. The maximum absolute atomic E-state index is 13.5. The van der Waals surface area contributed by atoms with Gasteiger partial charge in [0, 0.05) is 18.3 Å². The van der Waals surface area contributed by atoms with E-state index in [1.165, 1.54) is 12.1 Å². The third-order valence-electron chi connectivity index (χ3n) is 3.49. The van der Waals surface area contributed by atoms with Gasteiger partial charge in [-0.05, 0) is 17.7 Å². The molecular formula is C18H16FN3O. The molecular weight excluding hydrogens is 293 g/mol. The van der Waals surface area contributed by atoms with Crippen LogP contribution < -0.4 is 5.32 Å². The van der Waals surface area contributed by atoms with Crippen molar-refractivity contribution in [2.24, 2.45) is 0 Å². The van der Waals surface area contributed by atoms with Crippen LogP contribution in [0.15, 0.2) is 67.0 Å². The van der Waals surface area contributed by atoms with Gasteiger partial charge < -0.3 is 5.32 Å². The van der Waals surface area contributed by atoms with Crippen molar-refractivity contribution >= 4 is 5.91 Å². The van der Waals surface area contributed by atoms with Crippen molar-refractivity contribution in [2.75, 3.05) is 6.54 Å². The lowest BCUT2D eigenvalue weighted by Crippen LogP contribution is -2.28. The Labute approximate surface area is 133 Å². The second-order valence-electron chi connectivity index (χ2n) is 5.09. The number of nitrogens with one attached hydrogen (secondary N) is 1. The summed E-state index contributed by atoms with van der Waals surface area (Å²) in [7, 11) is 0. The van der Waals surface area contributed by atoms with E-state index in [0.29, 0.717) is 13.1 Å². The van der Waals surface area contributed by atoms with Gasteiger partial charge in [0.2, 0.25) is 0 Å². The average Bonchev–Trinajstić information content (AvgIpc) is 3.05. The topological polar surface area (TPSA) is 46.9 Å². The van der Waals surface area contributed by atoms with Crippen molar-refractivity contribution in [3.63, 3.8) is 0 Å². The van der Waals surface area contributed by atoms with E-state index in [1.54, 1.807) is 23.0 Å². The second kappa shape index (κ2) is 6.87. The molecule has 0 atom stereocenters. The molecule has 0 spiro atoms. The first kappa shape index (κ1) is 15.0. The van der Waals surface area contributed by atoms with Crippen LogP contribution in [0.5, 0.6) is 0 Å². The molecule has 116 valence electrons. The number of hydrogen-bond donors (Lipinski definition) is 1. The summed E-state index contributed by atoms with van der Waals surface area (Å²) in [5, 5.41) is 6.97. The summed E-state index contributed by atoms with van der Waals surface area (Å²) in [6, 6.07) is 15.9. The molecule has 1 amide bonds. The number of rotatable bonds is 5. The van der Waals surface area contributed by atoms with Gasteiger partial charge in [-0.3, -0.25) is 9.48 Å². The largest absolute Gasteiger partial charge is 0.350 e. The third kappa shape index (κ3) is 3.63. The molecule has 0 aliphatic rings. The molecule has 0 aliphatic carbocycles. The SMILES string of the molecule is O=C(NCCn1cc(-c2ccccc2)cn1)c1ccccc1F. The zero-order valence-electron chi connectivity index (χ0n) is 12.4.